The molecule has 0 unspecified atom stereocenters. The zero-order valence-electron chi connectivity index (χ0n) is 13.9. The van der Waals surface area contributed by atoms with Crippen LogP contribution in [0.15, 0.2) is 49.2 Å². The molecule has 2 aromatic heterocycles. The first-order valence-corrected chi connectivity index (χ1v) is 7.87. The molecule has 0 aliphatic rings. The lowest BCUT2D eigenvalue weighted by Crippen LogP contribution is -2.21. The van der Waals surface area contributed by atoms with E-state index in [1.807, 2.05) is 22.9 Å². The molecular formula is C17H20N6O. The first kappa shape index (κ1) is 15.9. The Morgan fingerprint density at radius 2 is 1.92 bits per heavy atom. The number of aromatic nitrogens is 5. The predicted molar refractivity (Wildman–Crippen MR) is 91.1 cm³/mol. The number of nitrogens with one attached hydrogen (secondary N) is 1. The highest BCUT2D eigenvalue weighted by Crippen LogP contribution is 2.22. The first-order valence-electron chi connectivity index (χ1n) is 7.87. The normalized spacial score (nSPS) is 12.3. The topological polar surface area (TPSA) is 77.6 Å². The maximum absolute atomic E-state index is 12.8. The molecule has 7 heteroatoms. The lowest BCUT2D eigenvalue weighted by Gasteiger charge is -2.19. The van der Waals surface area contributed by atoms with E-state index in [1.54, 1.807) is 29.3 Å². The largest absolute Gasteiger partial charge is 0.307 e. The van der Waals surface area contributed by atoms with Gasteiger partial charge in [-0.15, -0.1) is 0 Å². The minimum Gasteiger partial charge on any atom is -0.307 e. The fourth-order valence-electron chi connectivity index (χ4n) is 2.40. The van der Waals surface area contributed by atoms with Crippen molar-refractivity contribution < 1.29 is 4.79 Å². The van der Waals surface area contributed by atoms with E-state index in [-0.39, 0.29) is 11.9 Å². The van der Waals surface area contributed by atoms with Crippen molar-refractivity contribution in [3.05, 3.63) is 54.7 Å². The highest BCUT2D eigenvalue weighted by atomic mass is 16.1. The van der Waals surface area contributed by atoms with Crippen LogP contribution in [0.4, 0.5) is 5.82 Å². The molecule has 0 aliphatic heterocycles. The summed E-state index contributed by atoms with van der Waals surface area (Å²) in [4.78, 5) is 16.7. The van der Waals surface area contributed by atoms with Crippen LogP contribution in [0.1, 0.15) is 37.2 Å². The van der Waals surface area contributed by atoms with E-state index in [0.29, 0.717) is 23.0 Å². The number of para-hydroxylation sites is 1. The van der Waals surface area contributed by atoms with Crippen LogP contribution in [0.5, 0.6) is 0 Å². The van der Waals surface area contributed by atoms with E-state index in [0.717, 1.165) is 0 Å². The molecule has 0 radical (unpaired) electrons. The van der Waals surface area contributed by atoms with Gasteiger partial charge in [0.25, 0.3) is 5.91 Å². The second-order valence-corrected chi connectivity index (χ2v) is 5.96. The van der Waals surface area contributed by atoms with Gasteiger partial charge in [0.2, 0.25) is 0 Å². The van der Waals surface area contributed by atoms with Crippen LogP contribution in [-0.2, 0) is 0 Å². The van der Waals surface area contributed by atoms with Crippen LogP contribution in [0.3, 0.4) is 0 Å². The zero-order chi connectivity index (χ0) is 17.1. The third kappa shape index (κ3) is 3.05. The number of hydrogen-bond acceptors (Lipinski definition) is 4. The average Bonchev–Trinajstić information content (AvgIpc) is 3.25. The monoisotopic (exact) mass is 324 g/mol. The van der Waals surface area contributed by atoms with Crippen LogP contribution >= 0.6 is 0 Å². The van der Waals surface area contributed by atoms with E-state index in [2.05, 4.69) is 41.3 Å². The maximum atomic E-state index is 12.8. The molecule has 0 saturated heterocycles. The Kier molecular flexibility index (Phi) is 4.41. The Bertz CT molecular complexity index is 821. The molecule has 3 rings (SSSR count). The molecule has 1 N–H and O–H groups in total. The number of carbonyl (C=O) groups is 1. The Morgan fingerprint density at radius 1 is 1.12 bits per heavy atom. The van der Waals surface area contributed by atoms with Gasteiger partial charge in [-0.3, -0.25) is 4.79 Å². The van der Waals surface area contributed by atoms with Crippen molar-refractivity contribution in [3.63, 3.8) is 0 Å². The Balaban J connectivity index is 1.89. The Labute approximate surface area is 140 Å². The van der Waals surface area contributed by atoms with Crippen molar-refractivity contribution in [2.75, 3.05) is 5.32 Å². The number of carbonyl (C=O) groups excluding carboxylic acids is 1. The molecule has 1 atom stereocenters. The van der Waals surface area contributed by atoms with Crippen molar-refractivity contribution in [2.45, 2.75) is 26.8 Å². The summed E-state index contributed by atoms with van der Waals surface area (Å²) in [6, 6.07) is 9.26. The van der Waals surface area contributed by atoms with Crippen molar-refractivity contribution in [3.8, 4) is 5.69 Å². The minimum atomic E-state index is -0.209. The van der Waals surface area contributed by atoms with Crippen molar-refractivity contribution >= 4 is 11.7 Å². The highest BCUT2D eigenvalue weighted by molar-refractivity contribution is 6.06. The highest BCUT2D eigenvalue weighted by Gasteiger charge is 2.18. The maximum Gasteiger partial charge on any atom is 0.259 e. The molecule has 1 aromatic carbocycles. The van der Waals surface area contributed by atoms with Gasteiger partial charge in [-0.05, 0) is 25.0 Å². The van der Waals surface area contributed by atoms with E-state index in [1.165, 1.54) is 6.33 Å². The van der Waals surface area contributed by atoms with Crippen LogP contribution in [-0.4, -0.2) is 30.5 Å². The van der Waals surface area contributed by atoms with Crippen molar-refractivity contribution in [1.82, 2.24) is 24.5 Å². The molecule has 124 valence electrons. The van der Waals surface area contributed by atoms with Gasteiger partial charge in [-0.25, -0.2) is 14.3 Å². The van der Waals surface area contributed by atoms with Gasteiger partial charge in [0.1, 0.15) is 18.5 Å². The van der Waals surface area contributed by atoms with Crippen LogP contribution in [0.25, 0.3) is 5.69 Å². The number of benzene rings is 1. The van der Waals surface area contributed by atoms with Crippen molar-refractivity contribution in [2.24, 2.45) is 5.92 Å². The van der Waals surface area contributed by atoms with Crippen molar-refractivity contribution in [1.29, 1.82) is 0 Å². The molecule has 0 spiro atoms. The second-order valence-electron chi connectivity index (χ2n) is 5.96. The predicted octanol–water partition coefficient (Wildman–Crippen LogP) is 2.93. The molecule has 1 amide bonds. The molecule has 2 heterocycles. The van der Waals surface area contributed by atoms with Crippen LogP contribution < -0.4 is 5.32 Å². The van der Waals surface area contributed by atoms with Gasteiger partial charge in [-0.2, -0.15) is 10.2 Å². The fraction of sp³-hybridized carbons (Fsp3) is 0.294. The summed E-state index contributed by atoms with van der Waals surface area (Å²) in [5.74, 6) is 0.872. The van der Waals surface area contributed by atoms with Gasteiger partial charge in [0.15, 0.2) is 0 Å². The zero-order valence-corrected chi connectivity index (χ0v) is 13.9. The lowest BCUT2D eigenvalue weighted by molar-refractivity contribution is 0.102. The molecule has 0 fully saturated rings. The van der Waals surface area contributed by atoms with Gasteiger partial charge in [0.05, 0.1) is 23.5 Å². The standard InChI is InChI=1S/C17H20N6O/c1-12(2)13(3)23-16(8-9-19-23)21-17(24)14-6-4-5-7-15(14)22-11-18-10-20-22/h4-13H,1-3H3,(H,21,24)/t13-/m1/s1. The molecule has 24 heavy (non-hydrogen) atoms. The summed E-state index contributed by atoms with van der Waals surface area (Å²) in [5, 5.41) is 11.4. The van der Waals surface area contributed by atoms with E-state index in [4.69, 9.17) is 0 Å². The molecular weight excluding hydrogens is 304 g/mol. The Morgan fingerprint density at radius 3 is 2.62 bits per heavy atom. The van der Waals surface area contributed by atoms with Gasteiger partial charge < -0.3 is 5.32 Å². The quantitative estimate of drug-likeness (QED) is 0.783. The third-order valence-corrected chi connectivity index (χ3v) is 4.08. The smallest absolute Gasteiger partial charge is 0.259 e. The number of amides is 1. The van der Waals surface area contributed by atoms with Gasteiger partial charge >= 0.3 is 0 Å². The first-order chi connectivity index (χ1) is 11.6. The third-order valence-electron chi connectivity index (χ3n) is 4.08. The van der Waals surface area contributed by atoms with Gasteiger partial charge in [0, 0.05) is 6.07 Å². The molecule has 0 bridgehead atoms. The summed E-state index contributed by atoms with van der Waals surface area (Å²) in [6.07, 6.45) is 4.70. The summed E-state index contributed by atoms with van der Waals surface area (Å²) < 4.78 is 3.41. The SMILES string of the molecule is CC(C)[C@@H](C)n1nccc1NC(=O)c1ccccc1-n1cncn1. The summed E-state index contributed by atoms with van der Waals surface area (Å²) in [5.41, 5.74) is 1.20. The van der Waals surface area contributed by atoms with E-state index >= 15 is 0 Å². The fourth-order valence-corrected chi connectivity index (χ4v) is 2.40. The number of anilines is 1. The number of hydrogen-bond donors (Lipinski definition) is 1. The summed E-state index contributed by atoms with van der Waals surface area (Å²) in [6.45, 7) is 6.33. The van der Waals surface area contributed by atoms with E-state index < -0.39 is 0 Å². The van der Waals surface area contributed by atoms with E-state index in [9.17, 15) is 4.79 Å². The molecule has 7 nitrogen and oxygen atoms in total. The second kappa shape index (κ2) is 6.66. The van der Waals surface area contributed by atoms with Gasteiger partial charge in [-0.1, -0.05) is 26.0 Å². The molecule has 0 aliphatic carbocycles. The summed E-state index contributed by atoms with van der Waals surface area (Å²) in [7, 11) is 0. The number of nitrogens with zero attached hydrogens (tertiary/aromatic N) is 5. The lowest BCUT2D eigenvalue weighted by atomic mass is 10.1. The molecule has 3 aromatic rings. The average molecular weight is 324 g/mol. The summed E-state index contributed by atoms with van der Waals surface area (Å²) >= 11 is 0. The Hall–Kier alpha value is -2.96. The number of rotatable bonds is 5. The van der Waals surface area contributed by atoms with Crippen LogP contribution in [0.2, 0.25) is 0 Å². The molecule has 0 saturated carbocycles. The minimum absolute atomic E-state index is 0.181. The van der Waals surface area contributed by atoms with Crippen LogP contribution in [0, 0.1) is 5.92 Å².